The van der Waals surface area contributed by atoms with Crippen molar-refractivity contribution >= 4 is 11.8 Å². The normalized spacial score (nSPS) is 14.0. The molecule has 1 N–H and O–H groups in total. The molecular formula is C16H14F3NS. The number of rotatable bonds is 4. The van der Waals surface area contributed by atoms with E-state index in [0.29, 0.717) is 6.54 Å². The number of halogens is 3. The smallest absolute Gasteiger partial charge is 0.305 e. The van der Waals surface area contributed by atoms with Crippen LogP contribution in [0.3, 0.4) is 0 Å². The molecular weight excluding hydrogens is 295 g/mol. The van der Waals surface area contributed by atoms with Crippen LogP contribution in [0.15, 0.2) is 48.5 Å². The topological polar surface area (TPSA) is 12.0 Å². The Bertz CT molecular complexity index is 594. The molecule has 2 aromatic carbocycles. The van der Waals surface area contributed by atoms with Crippen LogP contribution in [0, 0.1) is 0 Å². The molecule has 0 aliphatic heterocycles. The van der Waals surface area contributed by atoms with Gasteiger partial charge in [-0.05, 0) is 34.0 Å². The molecule has 0 atom stereocenters. The lowest BCUT2D eigenvalue weighted by Crippen LogP contribution is -2.24. The van der Waals surface area contributed by atoms with Gasteiger partial charge in [0.25, 0.3) is 0 Å². The van der Waals surface area contributed by atoms with Gasteiger partial charge in [-0.25, -0.2) is 0 Å². The highest BCUT2D eigenvalue weighted by atomic mass is 32.2. The lowest BCUT2D eigenvalue weighted by Gasteiger charge is -2.16. The highest BCUT2D eigenvalue weighted by Gasteiger charge is 2.29. The number of hydrogen-bond acceptors (Lipinski definition) is 2. The largest absolute Gasteiger partial charge is 0.441 e. The number of fused-ring (bicyclic) bond motifs is 3. The summed E-state index contributed by atoms with van der Waals surface area (Å²) < 4.78 is 36.5. The second-order valence-corrected chi connectivity index (χ2v) is 6.02. The van der Waals surface area contributed by atoms with E-state index >= 15 is 0 Å². The van der Waals surface area contributed by atoms with Crippen molar-refractivity contribution < 1.29 is 13.2 Å². The van der Waals surface area contributed by atoms with Crippen LogP contribution >= 0.6 is 11.8 Å². The van der Waals surface area contributed by atoms with Crippen LogP contribution in [0.4, 0.5) is 13.2 Å². The first-order valence-corrected chi connectivity index (χ1v) is 7.67. The molecule has 0 saturated heterocycles. The summed E-state index contributed by atoms with van der Waals surface area (Å²) in [5, 5.41) is 3.25. The Morgan fingerprint density at radius 3 is 1.95 bits per heavy atom. The number of hydrogen-bond donors (Lipinski definition) is 1. The van der Waals surface area contributed by atoms with Crippen molar-refractivity contribution in [1.82, 2.24) is 5.32 Å². The third-order valence-corrected chi connectivity index (χ3v) is 4.29. The first kappa shape index (κ1) is 14.5. The van der Waals surface area contributed by atoms with Crippen molar-refractivity contribution in [3.63, 3.8) is 0 Å². The maximum Gasteiger partial charge on any atom is 0.441 e. The molecule has 2 aromatic rings. The monoisotopic (exact) mass is 309 g/mol. The van der Waals surface area contributed by atoms with Crippen LogP contribution in [0.5, 0.6) is 0 Å². The molecule has 0 spiro atoms. The summed E-state index contributed by atoms with van der Waals surface area (Å²) in [6, 6.07) is 16.0. The first-order valence-electron chi connectivity index (χ1n) is 6.68. The maximum atomic E-state index is 12.2. The van der Waals surface area contributed by atoms with Crippen molar-refractivity contribution in [3.8, 4) is 11.1 Å². The van der Waals surface area contributed by atoms with Crippen molar-refractivity contribution in [2.45, 2.75) is 11.6 Å². The lowest BCUT2D eigenvalue weighted by atomic mass is 10.1. The zero-order chi connectivity index (χ0) is 14.9. The molecule has 0 aromatic heterocycles. The van der Waals surface area contributed by atoms with Gasteiger partial charge in [-0.15, -0.1) is 0 Å². The summed E-state index contributed by atoms with van der Waals surface area (Å²) in [4.78, 5) is 0. The van der Waals surface area contributed by atoms with Crippen LogP contribution in [0.25, 0.3) is 11.1 Å². The first-order chi connectivity index (χ1) is 10.1. The average Bonchev–Trinajstić information content (AvgIpc) is 2.77. The van der Waals surface area contributed by atoms with E-state index in [4.69, 9.17) is 0 Å². The zero-order valence-corrected chi connectivity index (χ0v) is 12.0. The minimum Gasteiger partial charge on any atom is -0.305 e. The lowest BCUT2D eigenvalue weighted by molar-refractivity contribution is -0.0327. The Morgan fingerprint density at radius 1 is 0.905 bits per heavy atom. The van der Waals surface area contributed by atoms with Crippen molar-refractivity contribution in [2.75, 3.05) is 12.3 Å². The molecule has 21 heavy (non-hydrogen) atoms. The molecule has 3 rings (SSSR count). The molecule has 0 heterocycles. The third kappa shape index (κ3) is 3.09. The Hall–Kier alpha value is -1.46. The van der Waals surface area contributed by atoms with Gasteiger partial charge >= 0.3 is 5.51 Å². The van der Waals surface area contributed by atoms with Gasteiger partial charge in [-0.1, -0.05) is 48.5 Å². The van der Waals surface area contributed by atoms with E-state index in [1.807, 2.05) is 36.4 Å². The minimum absolute atomic E-state index is 0.0170. The highest BCUT2D eigenvalue weighted by molar-refractivity contribution is 8.00. The number of alkyl halides is 3. The Morgan fingerprint density at radius 2 is 1.43 bits per heavy atom. The van der Waals surface area contributed by atoms with Gasteiger partial charge in [0.1, 0.15) is 0 Å². The van der Waals surface area contributed by atoms with E-state index in [0.717, 1.165) is 22.3 Å². The fourth-order valence-corrected chi connectivity index (χ4v) is 3.20. The fraction of sp³-hybridized carbons (Fsp3) is 0.250. The highest BCUT2D eigenvalue weighted by Crippen LogP contribution is 2.43. The van der Waals surface area contributed by atoms with Gasteiger partial charge in [-0.2, -0.15) is 13.2 Å². The third-order valence-electron chi connectivity index (χ3n) is 3.55. The van der Waals surface area contributed by atoms with Gasteiger partial charge in [0.2, 0.25) is 0 Å². The molecule has 1 aliphatic rings. The summed E-state index contributed by atoms with van der Waals surface area (Å²) in [6.45, 7) is 0.317. The van der Waals surface area contributed by atoms with Gasteiger partial charge < -0.3 is 5.32 Å². The summed E-state index contributed by atoms with van der Waals surface area (Å²) in [5.74, 6) is 0.0182. The molecule has 1 aliphatic carbocycles. The number of thioether (sulfide) groups is 1. The standard InChI is InChI=1S/C16H14F3NS/c17-16(18,19)21-10-9-20-15-13-7-3-1-5-11(13)12-6-2-4-8-14(12)15/h1-8,15,20H,9-10H2. The van der Waals surface area contributed by atoms with Crippen LogP contribution < -0.4 is 5.32 Å². The molecule has 0 unspecified atom stereocenters. The average molecular weight is 309 g/mol. The Kier molecular flexibility index (Phi) is 3.95. The van der Waals surface area contributed by atoms with E-state index in [1.54, 1.807) is 0 Å². The SMILES string of the molecule is FC(F)(F)SCCNC1c2ccccc2-c2ccccc21. The second-order valence-electron chi connectivity index (χ2n) is 4.86. The van der Waals surface area contributed by atoms with Crippen LogP contribution in [-0.4, -0.2) is 17.8 Å². The quantitative estimate of drug-likeness (QED) is 0.828. The molecule has 0 radical (unpaired) electrons. The molecule has 1 nitrogen and oxygen atoms in total. The van der Waals surface area contributed by atoms with E-state index in [-0.39, 0.29) is 23.6 Å². The number of nitrogens with one attached hydrogen (secondary N) is 1. The fourth-order valence-electron chi connectivity index (χ4n) is 2.75. The van der Waals surface area contributed by atoms with Crippen LogP contribution in [0.2, 0.25) is 0 Å². The molecule has 0 bridgehead atoms. The van der Waals surface area contributed by atoms with Crippen LogP contribution in [0.1, 0.15) is 17.2 Å². The van der Waals surface area contributed by atoms with Crippen molar-refractivity contribution in [3.05, 3.63) is 59.7 Å². The Labute approximate surface area is 125 Å². The predicted octanol–water partition coefficient (Wildman–Crippen LogP) is 4.60. The van der Waals surface area contributed by atoms with Crippen molar-refractivity contribution in [1.29, 1.82) is 0 Å². The molecule has 0 amide bonds. The minimum atomic E-state index is -4.16. The number of benzene rings is 2. The molecule has 0 saturated carbocycles. The summed E-state index contributed by atoms with van der Waals surface area (Å²) in [5.41, 5.74) is 0.433. The van der Waals surface area contributed by atoms with E-state index in [2.05, 4.69) is 17.4 Å². The van der Waals surface area contributed by atoms with Gasteiger partial charge in [0.05, 0.1) is 6.04 Å². The van der Waals surface area contributed by atoms with E-state index < -0.39 is 5.51 Å². The molecule has 5 heteroatoms. The van der Waals surface area contributed by atoms with E-state index in [1.165, 1.54) is 0 Å². The van der Waals surface area contributed by atoms with Gasteiger partial charge in [0, 0.05) is 12.3 Å². The Balaban J connectivity index is 1.76. The zero-order valence-electron chi connectivity index (χ0n) is 11.2. The van der Waals surface area contributed by atoms with Crippen molar-refractivity contribution in [2.24, 2.45) is 0 Å². The predicted molar refractivity (Wildman–Crippen MR) is 80.2 cm³/mol. The summed E-state index contributed by atoms with van der Waals surface area (Å²) in [6.07, 6.45) is 0. The molecule has 0 fully saturated rings. The van der Waals surface area contributed by atoms with Crippen LogP contribution in [-0.2, 0) is 0 Å². The van der Waals surface area contributed by atoms with Gasteiger partial charge in [-0.3, -0.25) is 0 Å². The molecule has 110 valence electrons. The maximum absolute atomic E-state index is 12.2. The summed E-state index contributed by atoms with van der Waals surface area (Å²) in [7, 11) is 0. The summed E-state index contributed by atoms with van der Waals surface area (Å²) >= 11 is 0.0170. The second kappa shape index (κ2) is 5.73. The van der Waals surface area contributed by atoms with E-state index in [9.17, 15) is 13.2 Å². The van der Waals surface area contributed by atoms with Gasteiger partial charge in [0.15, 0.2) is 0 Å².